The van der Waals surface area contributed by atoms with Crippen molar-refractivity contribution in [2.75, 3.05) is 18.8 Å². The number of rotatable bonds is 4. The molecule has 0 spiro atoms. The summed E-state index contributed by atoms with van der Waals surface area (Å²) in [6.45, 7) is 9.28. The third-order valence-electron chi connectivity index (χ3n) is 5.99. The number of carbonyl (C=O) groups is 1. The number of nitrogens with zero attached hydrogens (tertiary/aromatic N) is 3. The van der Waals surface area contributed by atoms with Gasteiger partial charge in [0.25, 0.3) is 5.56 Å². The summed E-state index contributed by atoms with van der Waals surface area (Å²) in [4.78, 5) is 34.9. The first-order valence-corrected chi connectivity index (χ1v) is 12.2. The molecule has 2 aliphatic rings. The van der Waals surface area contributed by atoms with E-state index in [-0.39, 0.29) is 29.7 Å². The van der Waals surface area contributed by atoms with Gasteiger partial charge >= 0.3 is 0 Å². The maximum Gasteiger partial charge on any atom is 0.263 e. The predicted octanol–water partition coefficient (Wildman–Crippen LogP) is 3.92. The SMILES string of the molecule is Cc1sc2nc(SCC(=O)N3CC(C)OC(C)C3)n(C3CCCC3)c(=O)c2c1C. The fourth-order valence-electron chi connectivity index (χ4n) is 4.47. The Kier molecular flexibility index (Phi) is 6.04. The van der Waals surface area contributed by atoms with Crippen LogP contribution in [0.2, 0.25) is 0 Å². The number of fused-ring (bicyclic) bond motifs is 1. The third kappa shape index (κ3) is 4.11. The van der Waals surface area contributed by atoms with Crippen molar-refractivity contribution in [1.82, 2.24) is 14.5 Å². The summed E-state index contributed by atoms with van der Waals surface area (Å²) in [5.41, 5.74) is 1.10. The van der Waals surface area contributed by atoms with E-state index >= 15 is 0 Å². The lowest BCUT2D eigenvalue weighted by atomic mass is 10.2. The summed E-state index contributed by atoms with van der Waals surface area (Å²) in [5.74, 6) is 0.385. The third-order valence-corrected chi connectivity index (χ3v) is 8.03. The van der Waals surface area contributed by atoms with Crippen LogP contribution in [0.4, 0.5) is 0 Å². The van der Waals surface area contributed by atoms with E-state index in [9.17, 15) is 9.59 Å². The number of carbonyl (C=O) groups excluding carboxylic acids is 1. The molecule has 1 saturated carbocycles. The second kappa shape index (κ2) is 8.40. The molecule has 6 nitrogen and oxygen atoms in total. The van der Waals surface area contributed by atoms with Crippen LogP contribution in [-0.2, 0) is 9.53 Å². The zero-order valence-electron chi connectivity index (χ0n) is 17.6. The topological polar surface area (TPSA) is 64.4 Å². The van der Waals surface area contributed by atoms with Crippen molar-refractivity contribution in [3.8, 4) is 0 Å². The van der Waals surface area contributed by atoms with Gasteiger partial charge in [0.05, 0.1) is 23.3 Å². The van der Waals surface area contributed by atoms with Crippen LogP contribution in [0.1, 0.15) is 56.0 Å². The maximum absolute atomic E-state index is 13.4. The molecular weight excluding hydrogens is 406 g/mol. The molecule has 0 bridgehead atoms. The molecule has 8 heteroatoms. The fraction of sp³-hybridized carbons (Fsp3) is 0.667. The van der Waals surface area contributed by atoms with E-state index in [4.69, 9.17) is 9.72 Å². The number of amides is 1. The quantitative estimate of drug-likeness (QED) is 0.538. The Balaban J connectivity index is 1.63. The van der Waals surface area contributed by atoms with E-state index < -0.39 is 0 Å². The molecule has 3 heterocycles. The summed E-state index contributed by atoms with van der Waals surface area (Å²) in [5, 5.41) is 1.45. The van der Waals surface area contributed by atoms with Crippen LogP contribution >= 0.6 is 23.1 Å². The molecule has 2 fully saturated rings. The van der Waals surface area contributed by atoms with Gasteiger partial charge in [-0.1, -0.05) is 24.6 Å². The average molecular weight is 436 g/mol. The van der Waals surface area contributed by atoms with Gasteiger partial charge in [0, 0.05) is 24.0 Å². The monoisotopic (exact) mass is 435 g/mol. The number of aromatic nitrogens is 2. The highest BCUT2D eigenvalue weighted by Gasteiger charge is 2.28. The summed E-state index contributed by atoms with van der Waals surface area (Å²) in [6, 6.07) is 0.194. The number of hydrogen-bond acceptors (Lipinski definition) is 6. The van der Waals surface area contributed by atoms with Crippen molar-refractivity contribution in [3.05, 3.63) is 20.8 Å². The molecule has 2 unspecified atom stereocenters. The first-order valence-electron chi connectivity index (χ1n) is 10.4. The Labute approximate surface area is 179 Å². The lowest BCUT2D eigenvalue weighted by Crippen LogP contribution is -2.48. The van der Waals surface area contributed by atoms with Crippen LogP contribution in [0.5, 0.6) is 0 Å². The van der Waals surface area contributed by atoms with Gasteiger partial charge in [0.1, 0.15) is 4.83 Å². The van der Waals surface area contributed by atoms with E-state index in [0.717, 1.165) is 46.3 Å². The molecule has 1 amide bonds. The first-order chi connectivity index (χ1) is 13.8. The first kappa shape index (κ1) is 20.9. The van der Waals surface area contributed by atoms with Crippen molar-refractivity contribution in [3.63, 3.8) is 0 Å². The van der Waals surface area contributed by atoms with Gasteiger partial charge in [-0.25, -0.2) is 4.98 Å². The standard InChI is InChI=1S/C21H29N3O3S2/c1-12-9-23(10-13(2)27-12)17(25)11-28-21-22-19-18(14(3)15(4)29-19)20(26)24(21)16-7-5-6-8-16/h12-13,16H,5-11H2,1-4H3. The van der Waals surface area contributed by atoms with E-state index in [1.165, 1.54) is 11.8 Å². The molecule has 0 aromatic carbocycles. The molecular formula is C21H29N3O3S2. The molecule has 0 N–H and O–H groups in total. The Hall–Kier alpha value is -1.38. The molecule has 2 aromatic rings. The van der Waals surface area contributed by atoms with E-state index in [1.807, 2.05) is 37.2 Å². The number of hydrogen-bond donors (Lipinski definition) is 0. The van der Waals surface area contributed by atoms with E-state index in [2.05, 4.69) is 0 Å². The highest BCUT2D eigenvalue weighted by Crippen LogP contribution is 2.34. The zero-order chi connectivity index (χ0) is 20.7. The van der Waals surface area contributed by atoms with Crippen LogP contribution in [0.15, 0.2) is 9.95 Å². The molecule has 4 rings (SSSR count). The average Bonchev–Trinajstić information content (AvgIpc) is 3.27. The van der Waals surface area contributed by atoms with Gasteiger partial charge in [-0.2, -0.15) is 0 Å². The van der Waals surface area contributed by atoms with E-state index in [1.54, 1.807) is 11.3 Å². The summed E-state index contributed by atoms with van der Waals surface area (Å²) in [6.07, 6.45) is 4.41. The number of aryl methyl sites for hydroxylation is 2. The van der Waals surface area contributed by atoms with Gasteiger partial charge in [-0.3, -0.25) is 14.2 Å². The number of thiophene rings is 1. The highest BCUT2D eigenvalue weighted by atomic mass is 32.2. The van der Waals surface area contributed by atoms with Crippen molar-refractivity contribution in [1.29, 1.82) is 0 Å². The second-order valence-electron chi connectivity index (χ2n) is 8.32. The molecule has 1 aliphatic carbocycles. The van der Waals surface area contributed by atoms with Crippen LogP contribution in [0.25, 0.3) is 10.2 Å². The number of morpholine rings is 1. The highest BCUT2D eigenvalue weighted by molar-refractivity contribution is 7.99. The zero-order valence-corrected chi connectivity index (χ0v) is 19.2. The molecule has 1 saturated heterocycles. The normalized spacial score (nSPS) is 23.2. The predicted molar refractivity (Wildman–Crippen MR) is 118 cm³/mol. The fourth-order valence-corrected chi connectivity index (χ4v) is 6.51. The van der Waals surface area contributed by atoms with Crippen LogP contribution in [0, 0.1) is 13.8 Å². The van der Waals surface area contributed by atoms with E-state index in [0.29, 0.717) is 24.0 Å². The van der Waals surface area contributed by atoms with Gasteiger partial charge < -0.3 is 9.64 Å². The molecule has 1 aliphatic heterocycles. The van der Waals surface area contributed by atoms with Crippen molar-refractivity contribution in [2.24, 2.45) is 0 Å². The lowest BCUT2D eigenvalue weighted by Gasteiger charge is -2.35. The van der Waals surface area contributed by atoms with Gasteiger partial charge in [-0.05, 0) is 46.1 Å². The van der Waals surface area contributed by atoms with Crippen molar-refractivity contribution >= 4 is 39.2 Å². The van der Waals surface area contributed by atoms with Crippen molar-refractivity contribution in [2.45, 2.75) is 76.8 Å². The Morgan fingerprint density at radius 2 is 1.86 bits per heavy atom. The van der Waals surface area contributed by atoms with Crippen LogP contribution < -0.4 is 5.56 Å². The molecule has 29 heavy (non-hydrogen) atoms. The minimum Gasteiger partial charge on any atom is -0.372 e. The number of thioether (sulfide) groups is 1. The van der Waals surface area contributed by atoms with Crippen LogP contribution in [0.3, 0.4) is 0 Å². The van der Waals surface area contributed by atoms with Gasteiger partial charge in [0.2, 0.25) is 5.91 Å². The molecule has 2 atom stereocenters. The Morgan fingerprint density at radius 1 is 1.21 bits per heavy atom. The summed E-state index contributed by atoms with van der Waals surface area (Å²) < 4.78 is 7.62. The maximum atomic E-state index is 13.4. The summed E-state index contributed by atoms with van der Waals surface area (Å²) in [7, 11) is 0. The summed E-state index contributed by atoms with van der Waals surface area (Å²) >= 11 is 2.98. The van der Waals surface area contributed by atoms with Gasteiger partial charge in [-0.15, -0.1) is 11.3 Å². The van der Waals surface area contributed by atoms with Crippen LogP contribution in [-0.4, -0.2) is 51.4 Å². The Morgan fingerprint density at radius 3 is 2.52 bits per heavy atom. The minimum absolute atomic E-state index is 0.0518. The largest absolute Gasteiger partial charge is 0.372 e. The smallest absolute Gasteiger partial charge is 0.263 e. The molecule has 2 aromatic heterocycles. The van der Waals surface area contributed by atoms with Gasteiger partial charge in [0.15, 0.2) is 5.16 Å². The Bertz CT molecular complexity index is 968. The molecule has 0 radical (unpaired) electrons. The lowest BCUT2D eigenvalue weighted by molar-refractivity contribution is -0.140. The second-order valence-corrected chi connectivity index (χ2v) is 10.5. The van der Waals surface area contributed by atoms with Crippen molar-refractivity contribution < 1.29 is 9.53 Å². The minimum atomic E-state index is 0.0518. The number of ether oxygens (including phenoxy) is 1. The molecule has 158 valence electrons.